The van der Waals surface area contributed by atoms with Crippen LogP contribution < -0.4 is 4.57 Å². The fourth-order valence-electron chi connectivity index (χ4n) is 5.23. The number of para-hydroxylation sites is 2. The van der Waals surface area contributed by atoms with E-state index in [-0.39, 0.29) is 5.60 Å². The van der Waals surface area contributed by atoms with Crippen LogP contribution in [0.1, 0.15) is 122 Å². The van der Waals surface area contributed by atoms with Gasteiger partial charge in [0.15, 0.2) is 15.6 Å². The molecule has 38 heavy (non-hydrogen) atoms. The fourth-order valence-corrected chi connectivity index (χ4v) is 12.7. The first-order valence-electron chi connectivity index (χ1n) is 14.6. The van der Waals surface area contributed by atoms with E-state index in [1.807, 2.05) is 0 Å². The van der Waals surface area contributed by atoms with Crippen molar-refractivity contribution in [3.8, 4) is 0 Å². The van der Waals surface area contributed by atoms with Crippen LogP contribution in [0.3, 0.4) is 0 Å². The lowest BCUT2D eigenvalue weighted by atomic mass is 9.92. The van der Waals surface area contributed by atoms with Crippen LogP contribution in [0.2, 0.25) is 26.2 Å². The minimum Gasteiger partial charge on any atom is -0.413 e. The Kier molecular flexibility index (Phi) is 10.5. The van der Waals surface area contributed by atoms with Crippen LogP contribution >= 0.6 is 0 Å². The molecule has 0 unspecified atom stereocenters. The Hall–Kier alpha value is -1.70. The summed E-state index contributed by atoms with van der Waals surface area (Å²) in [5.74, 6) is 1.63. The van der Waals surface area contributed by atoms with Gasteiger partial charge in [-0.2, -0.15) is 0 Å². The quantitative estimate of drug-likeness (QED) is 0.166. The molecular formula is C33H56N2OSi2. The monoisotopic (exact) mass is 552 g/mol. The van der Waals surface area contributed by atoms with Gasteiger partial charge in [0.2, 0.25) is 0 Å². The molecule has 212 valence electrons. The first-order chi connectivity index (χ1) is 17.3. The molecule has 2 aromatic rings. The Balaban J connectivity index is 2.95. The van der Waals surface area contributed by atoms with E-state index in [0.29, 0.717) is 23.7 Å². The molecule has 0 fully saturated rings. The molecule has 0 aliphatic heterocycles. The van der Waals surface area contributed by atoms with E-state index in [1.54, 1.807) is 0 Å². The minimum atomic E-state index is -2.21. The van der Waals surface area contributed by atoms with Crippen molar-refractivity contribution in [2.45, 2.75) is 132 Å². The van der Waals surface area contributed by atoms with Crippen molar-refractivity contribution in [3.05, 3.63) is 58.7 Å². The molecule has 0 heterocycles. The molecule has 0 amide bonds. The van der Waals surface area contributed by atoms with Gasteiger partial charge in [-0.3, -0.25) is 0 Å². The average molecular weight is 553 g/mol. The Morgan fingerprint density at radius 2 is 1.05 bits per heavy atom. The maximum atomic E-state index is 6.97. The van der Waals surface area contributed by atoms with Crippen molar-refractivity contribution in [3.63, 3.8) is 0 Å². The minimum absolute atomic E-state index is 0.184. The maximum Gasteiger partial charge on any atom is 0.198 e. The molecule has 0 saturated heterocycles. The van der Waals surface area contributed by atoms with E-state index in [2.05, 4.69) is 150 Å². The maximum absolute atomic E-state index is 6.97. The van der Waals surface area contributed by atoms with Crippen molar-refractivity contribution in [2.75, 3.05) is 4.57 Å². The van der Waals surface area contributed by atoms with Crippen LogP contribution in [-0.4, -0.2) is 27.5 Å². The molecule has 2 aromatic carbocycles. The Bertz CT molecular complexity index is 1060. The molecule has 0 aliphatic carbocycles. The van der Waals surface area contributed by atoms with Gasteiger partial charge in [0, 0.05) is 11.3 Å². The number of benzene rings is 2. The molecule has 2 rings (SSSR count). The number of anilines is 1. The summed E-state index contributed by atoms with van der Waals surface area (Å²) < 4.78 is 9.59. The molecule has 0 saturated carbocycles. The molecule has 5 heteroatoms. The molecule has 0 N–H and O–H groups in total. The van der Waals surface area contributed by atoms with Crippen molar-refractivity contribution < 1.29 is 4.43 Å². The number of hydrogen-bond acceptors (Lipinski definition) is 2. The largest absolute Gasteiger partial charge is 0.413 e. The standard InChI is InChI=1S/C33H56N2OSi2/c1-23(2)27-18-16-19-28(24(3)4)31(27)34-22-35(37(12,13)38(14,15)36-33(9,10)11)32-29(25(5)6)20-17-21-30(32)26(7)8/h16-26H,1-15H3. The summed E-state index contributed by atoms with van der Waals surface area (Å²) in [6, 6.07) is 13.6. The topological polar surface area (TPSA) is 24.8 Å². The van der Waals surface area contributed by atoms with E-state index in [0.717, 1.165) is 5.69 Å². The van der Waals surface area contributed by atoms with Crippen LogP contribution in [0.25, 0.3) is 0 Å². The number of hydrogen-bond donors (Lipinski definition) is 0. The van der Waals surface area contributed by atoms with E-state index in [4.69, 9.17) is 9.42 Å². The van der Waals surface area contributed by atoms with Crippen LogP contribution in [0.5, 0.6) is 0 Å². The molecule has 0 aromatic heterocycles. The van der Waals surface area contributed by atoms with Gasteiger partial charge in [-0.05, 0) is 79.8 Å². The SMILES string of the molecule is CC(C)c1cccc(C(C)C)c1N=CN(c1c(C(C)C)cccc1C(C)C)[Si](C)(C)[Si](C)(C)OC(C)(C)C. The highest BCUT2D eigenvalue weighted by molar-refractivity contribution is 7.40. The molecule has 0 radical (unpaired) electrons. The van der Waals surface area contributed by atoms with Gasteiger partial charge in [0.05, 0.1) is 12.0 Å². The number of aliphatic imine (C=N–C) groups is 1. The van der Waals surface area contributed by atoms with Gasteiger partial charge in [-0.25, -0.2) is 4.99 Å². The van der Waals surface area contributed by atoms with Gasteiger partial charge < -0.3 is 8.99 Å². The lowest BCUT2D eigenvalue weighted by Crippen LogP contribution is -2.69. The Labute approximate surface area is 237 Å². The summed E-state index contributed by atoms with van der Waals surface area (Å²) in [7, 11) is -4.37. The van der Waals surface area contributed by atoms with Gasteiger partial charge in [0.25, 0.3) is 0 Å². The van der Waals surface area contributed by atoms with Gasteiger partial charge in [0.1, 0.15) is 0 Å². The van der Waals surface area contributed by atoms with E-state index >= 15 is 0 Å². The Morgan fingerprint density at radius 3 is 1.39 bits per heavy atom. The van der Waals surface area contributed by atoms with E-state index in [9.17, 15) is 0 Å². The van der Waals surface area contributed by atoms with E-state index in [1.165, 1.54) is 27.9 Å². The fraction of sp³-hybridized carbons (Fsp3) is 0.606. The highest BCUT2D eigenvalue weighted by Gasteiger charge is 2.50. The summed E-state index contributed by atoms with van der Waals surface area (Å²) in [6.07, 6.45) is 2.20. The summed E-state index contributed by atoms with van der Waals surface area (Å²) in [5, 5.41) is 0. The highest BCUT2D eigenvalue weighted by atomic mass is 29.3. The van der Waals surface area contributed by atoms with Gasteiger partial charge in [-0.15, -0.1) is 0 Å². The van der Waals surface area contributed by atoms with Crippen LogP contribution in [0, 0.1) is 0 Å². The molecule has 0 spiro atoms. The average Bonchev–Trinajstić information content (AvgIpc) is 2.76. The first kappa shape index (κ1) is 32.5. The zero-order valence-electron chi connectivity index (χ0n) is 27.2. The number of rotatable bonds is 10. The summed E-state index contributed by atoms with van der Waals surface area (Å²) >= 11 is 0. The lowest BCUT2D eigenvalue weighted by molar-refractivity contribution is 0.126. The molecule has 0 atom stereocenters. The second-order valence-electron chi connectivity index (χ2n) is 14.1. The predicted octanol–water partition coefficient (Wildman–Crippen LogP) is 10.7. The van der Waals surface area contributed by atoms with Crippen LogP contribution in [-0.2, 0) is 4.43 Å². The second-order valence-corrected chi connectivity index (χ2v) is 28.2. The molecular weight excluding hydrogens is 497 g/mol. The van der Waals surface area contributed by atoms with Gasteiger partial charge >= 0.3 is 0 Å². The molecule has 0 aliphatic rings. The zero-order valence-corrected chi connectivity index (χ0v) is 29.2. The van der Waals surface area contributed by atoms with Gasteiger partial charge in [-0.1, -0.05) is 105 Å². The zero-order chi connectivity index (χ0) is 29.2. The third-order valence-corrected chi connectivity index (χ3v) is 23.3. The third kappa shape index (κ3) is 7.28. The second kappa shape index (κ2) is 12.2. The molecule has 3 nitrogen and oxygen atoms in total. The van der Waals surface area contributed by atoms with Crippen molar-refractivity contribution in [1.29, 1.82) is 0 Å². The van der Waals surface area contributed by atoms with Crippen LogP contribution in [0.4, 0.5) is 11.4 Å². The first-order valence-corrected chi connectivity index (χ1v) is 21.5. The Morgan fingerprint density at radius 1 is 0.684 bits per heavy atom. The van der Waals surface area contributed by atoms with Crippen molar-refractivity contribution >= 4 is 33.3 Å². The third-order valence-electron chi connectivity index (χ3n) is 7.87. The van der Waals surface area contributed by atoms with E-state index < -0.39 is 15.6 Å². The molecule has 0 bridgehead atoms. The van der Waals surface area contributed by atoms with Crippen LogP contribution in [0.15, 0.2) is 41.4 Å². The summed E-state index contributed by atoms with van der Waals surface area (Å²) in [5.41, 5.74) is 7.72. The normalized spacial score (nSPS) is 13.6. The summed E-state index contributed by atoms with van der Waals surface area (Å²) in [4.78, 5) is 5.40. The summed E-state index contributed by atoms with van der Waals surface area (Å²) in [6.45, 7) is 34.7. The smallest absolute Gasteiger partial charge is 0.198 e. The highest BCUT2D eigenvalue weighted by Crippen LogP contribution is 2.41. The number of nitrogens with zero attached hydrogens (tertiary/aromatic N) is 2. The lowest BCUT2D eigenvalue weighted by Gasteiger charge is -2.48. The van der Waals surface area contributed by atoms with Crippen molar-refractivity contribution in [1.82, 2.24) is 0 Å². The van der Waals surface area contributed by atoms with Crippen molar-refractivity contribution in [2.24, 2.45) is 4.99 Å². The predicted molar refractivity (Wildman–Crippen MR) is 176 cm³/mol.